The lowest BCUT2D eigenvalue weighted by Gasteiger charge is -2.02. The van der Waals surface area contributed by atoms with Gasteiger partial charge in [-0.05, 0) is 16.0 Å². The first kappa shape index (κ1) is 12.4. The highest BCUT2D eigenvalue weighted by molar-refractivity contribution is 7.90. The summed E-state index contributed by atoms with van der Waals surface area (Å²) >= 11 is 0. The second-order valence-electron chi connectivity index (χ2n) is 3.22. The van der Waals surface area contributed by atoms with E-state index in [0.717, 1.165) is 6.26 Å². The van der Waals surface area contributed by atoms with Crippen LogP contribution in [0.15, 0.2) is 18.3 Å². The van der Waals surface area contributed by atoms with Crippen molar-refractivity contribution in [2.45, 2.75) is 0 Å². The Kier molecular flexibility index (Phi) is 3.78. The fourth-order valence-electron chi connectivity index (χ4n) is 0.979. The third-order valence-corrected chi connectivity index (χ3v) is 2.68. The molecular formula is C8H11N3O4S. The van der Waals surface area contributed by atoms with Crippen LogP contribution in [0.4, 0.5) is 11.5 Å². The Bertz CT molecular complexity index is 469. The number of hydrogen-bond donors (Lipinski definition) is 1. The molecule has 16 heavy (non-hydrogen) atoms. The fourth-order valence-corrected chi connectivity index (χ4v) is 1.45. The van der Waals surface area contributed by atoms with Gasteiger partial charge in [0.05, 0.1) is 11.4 Å². The molecule has 88 valence electrons. The molecule has 1 rings (SSSR count). The summed E-state index contributed by atoms with van der Waals surface area (Å²) in [7, 11) is -3.01. The quantitative estimate of drug-likeness (QED) is 0.596. The van der Waals surface area contributed by atoms with Gasteiger partial charge < -0.3 is 15.4 Å². The topological polar surface area (TPSA) is 102 Å². The Morgan fingerprint density at radius 2 is 2.19 bits per heavy atom. The molecule has 0 amide bonds. The number of nitrogens with zero attached hydrogens (tertiary/aromatic N) is 2. The van der Waals surface area contributed by atoms with E-state index in [1.54, 1.807) is 0 Å². The molecule has 0 aromatic carbocycles. The van der Waals surface area contributed by atoms with E-state index in [0.29, 0.717) is 5.69 Å². The van der Waals surface area contributed by atoms with Crippen molar-refractivity contribution >= 4 is 21.3 Å². The first-order valence-electron chi connectivity index (χ1n) is 4.40. The summed E-state index contributed by atoms with van der Waals surface area (Å²) in [6.45, 7) is 0.248. The van der Waals surface area contributed by atoms with Crippen molar-refractivity contribution in [1.29, 1.82) is 0 Å². The minimum atomic E-state index is -3.01. The Balaban J connectivity index is 2.53. The molecule has 0 aliphatic carbocycles. The SMILES string of the molecule is CS(=O)(=O)CCNc1ccc([N+](=O)[O-])nc1. The summed E-state index contributed by atoms with van der Waals surface area (Å²) in [6.07, 6.45) is 2.43. The van der Waals surface area contributed by atoms with E-state index in [1.165, 1.54) is 18.3 Å². The van der Waals surface area contributed by atoms with Crippen LogP contribution in [0.1, 0.15) is 0 Å². The van der Waals surface area contributed by atoms with Gasteiger partial charge in [0, 0.05) is 18.9 Å². The Hall–Kier alpha value is -1.70. The van der Waals surface area contributed by atoms with Crippen molar-refractivity contribution in [3.8, 4) is 0 Å². The number of aromatic nitrogens is 1. The summed E-state index contributed by atoms with van der Waals surface area (Å²) in [5.41, 5.74) is 0.550. The van der Waals surface area contributed by atoms with Gasteiger partial charge in [0.25, 0.3) is 0 Å². The van der Waals surface area contributed by atoms with Crippen LogP contribution in [0, 0.1) is 10.1 Å². The van der Waals surface area contributed by atoms with E-state index in [2.05, 4.69) is 10.3 Å². The Morgan fingerprint density at radius 3 is 2.62 bits per heavy atom. The lowest BCUT2D eigenvalue weighted by atomic mass is 10.4. The minimum absolute atomic E-state index is 0.00396. The standard InChI is InChI=1S/C8H11N3O4S/c1-16(14,15)5-4-9-7-2-3-8(10-6-7)11(12)13/h2-3,6,9H,4-5H2,1H3. The van der Waals surface area contributed by atoms with Crippen molar-refractivity contribution < 1.29 is 13.3 Å². The van der Waals surface area contributed by atoms with Gasteiger partial charge in [-0.15, -0.1) is 0 Å². The van der Waals surface area contributed by atoms with E-state index in [9.17, 15) is 18.5 Å². The summed E-state index contributed by atoms with van der Waals surface area (Å²) in [6, 6.07) is 2.73. The van der Waals surface area contributed by atoms with Crippen LogP contribution in [0.5, 0.6) is 0 Å². The molecule has 0 unspecified atom stereocenters. The molecule has 0 bridgehead atoms. The van der Waals surface area contributed by atoms with Crippen molar-refractivity contribution in [2.24, 2.45) is 0 Å². The number of rotatable bonds is 5. The average Bonchev–Trinajstić information content (AvgIpc) is 2.16. The first-order chi connectivity index (χ1) is 7.38. The lowest BCUT2D eigenvalue weighted by Crippen LogP contribution is -2.14. The summed E-state index contributed by atoms with van der Waals surface area (Å²) < 4.78 is 21.6. The van der Waals surface area contributed by atoms with Crippen molar-refractivity contribution in [3.05, 3.63) is 28.4 Å². The van der Waals surface area contributed by atoms with Crippen LogP contribution in [0.25, 0.3) is 0 Å². The van der Waals surface area contributed by atoms with Crippen LogP contribution >= 0.6 is 0 Å². The molecule has 0 spiro atoms. The van der Waals surface area contributed by atoms with Crippen LogP contribution in [-0.4, -0.2) is 36.9 Å². The Labute approximate surface area is 92.6 Å². The highest BCUT2D eigenvalue weighted by Gasteiger charge is 2.06. The monoisotopic (exact) mass is 245 g/mol. The van der Waals surface area contributed by atoms with E-state index in [1.807, 2.05) is 0 Å². The van der Waals surface area contributed by atoms with E-state index >= 15 is 0 Å². The van der Waals surface area contributed by atoms with Crippen LogP contribution in [-0.2, 0) is 9.84 Å². The van der Waals surface area contributed by atoms with E-state index in [4.69, 9.17) is 0 Å². The van der Waals surface area contributed by atoms with Gasteiger partial charge in [-0.3, -0.25) is 0 Å². The molecule has 8 heteroatoms. The molecular weight excluding hydrogens is 234 g/mol. The predicted molar refractivity (Wildman–Crippen MR) is 59.1 cm³/mol. The van der Waals surface area contributed by atoms with Gasteiger partial charge in [-0.25, -0.2) is 8.42 Å². The van der Waals surface area contributed by atoms with Gasteiger partial charge in [-0.1, -0.05) is 0 Å². The molecule has 0 aliphatic heterocycles. The summed E-state index contributed by atoms with van der Waals surface area (Å²) in [4.78, 5) is 13.3. The van der Waals surface area contributed by atoms with Gasteiger partial charge in [0.2, 0.25) is 0 Å². The highest BCUT2D eigenvalue weighted by Crippen LogP contribution is 2.10. The van der Waals surface area contributed by atoms with Gasteiger partial charge in [0.1, 0.15) is 9.84 Å². The molecule has 7 nitrogen and oxygen atoms in total. The maximum atomic E-state index is 10.8. The molecule has 0 saturated carbocycles. The third-order valence-electron chi connectivity index (χ3n) is 1.74. The smallest absolute Gasteiger partial charge is 0.363 e. The van der Waals surface area contributed by atoms with Crippen LogP contribution in [0.2, 0.25) is 0 Å². The molecule has 0 fully saturated rings. The zero-order valence-corrected chi connectivity index (χ0v) is 9.40. The maximum Gasteiger partial charge on any atom is 0.363 e. The van der Waals surface area contributed by atoms with Gasteiger partial charge in [-0.2, -0.15) is 0 Å². The normalized spacial score (nSPS) is 11.1. The van der Waals surface area contributed by atoms with Gasteiger partial charge in [0.15, 0.2) is 6.20 Å². The van der Waals surface area contributed by atoms with Crippen LogP contribution < -0.4 is 5.32 Å². The van der Waals surface area contributed by atoms with Gasteiger partial charge >= 0.3 is 5.82 Å². The largest absolute Gasteiger partial charge is 0.381 e. The second kappa shape index (κ2) is 4.88. The number of sulfone groups is 1. The number of pyridine rings is 1. The van der Waals surface area contributed by atoms with Crippen molar-refractivity contribution in [2.75, 3.05) is 23.9 Å². The molecule has 0 aliphatic rings. The fraction of sp³-hybridized carbons (Fsp3) is 0.375. The first-order valence-corrected chi connectivity index (χ1v) is 6.46. The number of hydrogen-bond acceptors (Lipinski definition) is 6. The van der Waals surface area contributed by atoms with E-state index < -0.39 is 14.8 Å². The molecule has 0 radical (unpaired) electrons. The highest BCUT2D eigenvalue weighted by atomic mass is 32.2. The number of nitro groups is 1. The molecule has 1 heterocycles. The predicted octanol–water partition coefficient (Wildman–Crippen LogP) is 0.446. The Morgan fingerprint density at radius 1 is 1.50 bits per heavy atom. The molecule has 1 N–H and O–H groups in total. The number of anilines is 1. The number of nitrogens with one attached hydrogen (secondary N) is 1. The van der Waals surface area contributed by atoms with Crippen LogP contribution in [0.3, 0.4) is 0 Å². The summed E-state index contributed by atoms with van der Waals surface area (Å²) in [5.74, 6) is -0.238. The zero-order chi connectivity index (χ0) is 12.2. The average molecular weight is 245 g/mol. The van der Waals surface area contributed by atoms with E-state index in [-0.39, 0.29) is 18.1 Å². The molecule has 0 saturated heterocycles. The summed E-state index contributed by atoms with van der Waals surface area (Å²) in [5, 5.41) is 13.1. The second-order valence-corrected chi connectivity index (χ2v) is 5.48. The minimum Gasteiger partial charge on any atom is -0.381 e. The molecule has 1 aromatic heterocycles. The lowest BCUT2D eigenvalue weighted by molar-refractivity contribution is -0.389. The maximum absolute atomic E-state index is 10.8. The zero-order valence-electron chi connectivity index (χ0n) is 8.58. The molecule has 1 aromatic rings. The third kappa shape index (κ3) is 4.22. The molecule has 0 atom stereocenters. The van der Waals surface area contributed by atoms with Crippen molar-refractivity contribution in [1.82, 2.24) is 4.98 Å². The van der Waals surface area contributed by atoms with Crippen molar-refractivity contribution in [3.63, 3.8) is 0 Å².